The summed E-state index contributed by atoms with van der Waals surface area (Å²) in [6.07, 6.45) is 4.90. The zero-order chi connectivity index (χ0) is 13.9. The van der Waals surface area contributed by atoms with Crippen molar-refractivity contribution in [1.82, 2.24) is 9.55 Å². The fraction of sp³-hybridized carbons (Fsp3) is 0.0667. The van der Waals surface area contributed by atoms with Gasteiger partial charge in [0, 0.05) is 24.1 Å². The molecular formula is C15H12N2O2S. The second-order valence-corrected chi connectivity index (χ2v) is 5.26. The van der Waals surface area contributed by atoms with Crippen LogP contribution in [0.2, 0.25) is 0 Å². The van der Waals surface area contributed by atoms with E-state index >= 15 is 0 Å². The predicted molar refractivity (Wildman–Crippen MR) is 79.7 cm³/mol. The minimum Gasteiger partial charge on any atom is -0.423 e. The number of imidazole rings is 1. The summed E-state index contributed by atoms with van der Waals surface area (Å²) in [6.45, 7) is 0. The number of aromatic nitrogens is 2. The van der Waals surface area contributed by atoms with E-state index in [1.807, 2.05) is 35.2 Å². The summed E-state index contributed by atoms with van der Waals surface area (Å²) in [5.74, 6) is 0.103. The number of hydrogen-bond donors (Lipinski definition) is 0. The molecule has 0 spiro atoms. The van der Waals surface area contributed by atoms with Gasteiger partial charge >= 0.3 is 5.97 Å². The average molecular weight is 284 g/mol. The molecule has 0 bridgehead atoms. The lowest BCUT2D eigenvalue weighted by molar-refractivity contribution is -0.128. The van der Waals surface area contributed by atoms with Crippen molar-refractivity contribution >= 4 is 34.4 Å². The average Bonchev–Trinajstić information content (AvgIpc) is 3.07. The number of rotatable bonds is 3. The molecule has 20 heavy (non-hydrogen) atoms. The van der Waals surface area contributed by atoms with Crippen molar-refractivity contribution in [1.29, 1.82) is 0 Å². The minimum atomic E-state index is -0.395. The SMILES string of the molecule is Cn1cnc2cc(OC(=O)/C=C/c3cccs3)ccc21. The predicted octanol–water partition coefficient (Wildman–Crippen LogP) is 3.25. The molecule has 0 aliphatic heterocycles. The van der Waals surface area contributed by atoms with Gasteiger partial charge in [0.05, 0.1) is 17.4 Å². The number of benzene rings is 1. The number of esters is 1. The van der Waals surface area contributed by atoms with Crippen molar-refractivity contribution in [2.45, 2.75) is 0 Å². The highest BCUT2D eigenvalue weighted by Gasteiger charge is 2.04. The maximum Gasteiger partial charge on any atom is 0.336 e. The Bertz CT molecular complexity index is 772. The highest BCUT2D eigenvalue weighted by Crippen LogP contribution is 2.19. The molecule has 0 fully saturated rings. The second kappa shape index (κ2) is 5.30. The quantitative estimate of drug-likeness (QED) is 0.421. The molecule has 0 aliphatic carbocycles. The molecule has 0 radical (unpaired) electrons. The molecular weight excluding hydrogens is 272 g/mol. The number of hydrogen-bond acceptors (Lipinski definition) is 4. The largest absolute Gasteiger partial charge is 0.423 e. The van der Waals surface area contributed by atoms with E-state index in [1.165, 1.54) is 6.08 Å². The van der Waals surface area contributed by atoms with Gasteiger partial charge in [0.1, 0.15) is 5.75 Å². The summed E-state index contributed by atoms with van der Waals surface area (Å²) in [5, 5.41) is 1.96. The van der Waals surface area contributed by atoms with Crippen molar-refractivity contribution in [2.75, 3.05) is 0 Å². The normalized spacial score (nSPS) is 11.2. The van der Waals surface area contributed by atoms with Crippen molar-refractivity contribution in [3.8, 4) is 5.75 Å². The number of thiophene rings is 1. The number of aryl methyl sites for hydroxylation is 1. The van der Waals surface area contributed by atoms with Crippen LogP contribution in [0.15, 0.2) is 48.1 Å². The monoisotopic (exact) mass is 284 g/mol. The molecule has 3 aromatic rings. The highest BCUT2D eigenvalue weighted by molar-refractivity contribution is 7.10. The molecule has 0 unspecified atom stereocenters. The van der Waals surface area contributed by atoms with Crippen LogP contribution < -0.4 is 4.74 Å². The lowest BCUT2D eigenvalue weighted by Crippen LogP contribution is -2.03. The molecule has 0 atom stereocenters. The first-order chi connectivity index (χ1) is 9.72. The zero-order valence-corrected chi connectivity index (χ0v) is 11.6. The van der Waals surface area contributed by atoms with E-state index in [-0.39, 0.29) is 0 Å². The highest BCUT2D eigenvalue weighted by atomic mass is 32.1. The van der Waals surface area contributed by atoms with Crippen LogP contribution in [0.4, 0.5) is 0 Å². The lowest BCUT2D eigenvalue weighted by Gasteiger charge is -2.01. The Morgan fingerprint density at radius 3 is 3.10 bits per heavy atom. The lowest BCUT2D eigenvalue weighted by atomic mass is 10.3. The Morgan fingerprint density at radius 1 is 1.40 bits per heavy atom. The van der Waals surface area contributed by atoms with Gasteiger partial charge in [-0.2, -0.15) is 0 Å². The van der Waals surface area contributed by atoms with Gasteiger partial charge < -0.3 is 9.30 Å². The summed E-state index contributed by atoms with van der Waals surface area (Å²) >= 11 is 1.57. The van der Waals surface area contributed by atoms with Crippen molar-refractivity contribution in [3.63, 3.8) is 0 Å². The van der Waals surface area contributed by atoms with E-state index in [2.05, 4.69) is 4.98 Å². The Morgan fingerprint density at radius 2 is 2.30 bits per heavy atom. The second-order valence-electron chi connectivity index (χ2n) is 4.28. The van der Waals surface area contributed by atoms with Crippen LogP contribution in [0.3, 0.4) is 0 Å². The Labute approximate surface area is 119 Å². The van der Waals surface area contributed by atoms with Crippen molar-refractivity contribution < 1.29 is 9.53 Å². The van der Waals surface area contributed by atoms with E-state index in [4.69, 9.17) is 4.74 Å². The van der Waals surface area contributed by atoms with Gasteiger partial charge in [-0.1, -0.05) is 6.07 Å². The molecule has 0 saturated carbocycles. The minimum absolute atomic E-state index is 0.395. The zero-order valence-electron chi connectivity index (χ0n) is 10.8. The fourth-order valence-electron chi connectivity index (χ4n) is 1.87. The molecule has 5 heteroatoms. The van der Waals surface area contributed by atoms with E-state index in [0.717, 1.165) is 15.9 Å². The molecule has 100 valence electrons. The number of nitrogens with zero attached hydrogens (tertiary/aromatic N) is 2. The molecule has 2 aromatic heterocycles. The molecule has 4 nitrogen and oxygen atoms in total. The van der Waals surface area contributed by atoms with Crippen LogP contribution in [-0.2, 0) is 11.8 Å². The van der Waals surface area contributed by atoms with Gasteiger partial charge in [0.15, 0.2) is 0 Å². The van der Waals surface area contributed by atoms with Crippen molar-refractivity contribution in [2.24, 2.45) is 7.05 Å². The van der Waals surface area contributed by atoms with Gasteiger partial charge in [0.25, 0.3) is 0 Å². The molecule has 0 N–H and O–H groups in total. The van der Waals surface area contributed by atoms with Gasteiger partial charge in [-0.15, -0.1) is 11.3 Å². The third-order valence-corrected chi connectivity index (χ3v) is 3.68. The van der Waals surface area contributed by atoms with Gasteiger partial charge in [-0.3, -0.25) is 0 Å². The fourth-order valence-corrected chi connectivity index (χ4v) is 2.48. The van der Waals surface area contributed by atoms with Gasteiger partial charge in [0.2, 0.25) is 0 Å². The summed E-state index contributed by atoms with van der Waals surface area (Å²) in [5.41, 5.74) is 1.80. The van der Waals surface area contributed by atoms with E-state index < -0.39 is 5.97 Å². The molecule has 3 rings (SSSR count). The summed E-state index contributed by atoms with van der Waals surface area (Å²) in [7, 11) is 1.92. The van der Waals surface area contributed by atoms with Gasteiger partial charge in [-0.05, 0) is 29.7 Å². The number of fused-ring (bicyclic) bond motifs is 1. The standard InChI is InChI=1S/C15H12N2O2S/c1-17-10-16-13-9-11(4-6-14(13)17)19-15(18)7-5-12-3-2-8-20-12/h2-10H,1H3/b7-5+. The summed E-state index contributed by atoms with van der Waals surface area (Å²) < 4.78 is 7.17. The van der Waals surface area contributed by atoms with E-state index in [1.54, 1.807) is 35.9 Å². The van der Waals surface area contributed by atoms with E-state index in [0.29, 0.717) is 5.75 Å². The third-order valence-electron chi connectivity index (χ3n) is 2.84. The van der Waals surface area contributed by atoms with Crippen LogP contribution in [0.25, 0.3) is 17.1 Å². The third kappa shape index (κ3) is 2.62. The topological polar surface area (TPSA) is 44.1 Å². The Balaban J connectivity index is 1.74. The van der Waals surface area contributed by atoms with E-state index in [9.17, 15) is 4.79 Å². The first kappa shape index (κ1) is 12.6. The smallest absolute Gasteiger partial charge is 0.336 e. The molecule has 2 heterocycles. The Kier molecular flexibility index (Phi) is 3.35. The van der Waals surface area contributed by atoms with Crippen LogP contribution in [0.5, 0.6) is 5.75 Å². The molecule has 0 saturated heterocycles. The maximum absolute atomic E-state index is 11.7. The van der Waals surface area contributed by atoms with Crippen molar-refractivity contribution in [3.05, 3.63) is 53.0 Å². The van der Waals surface area contributed by atoms with Crippen LogP contribution in [0.1, 0.15) is 4.88 Å². The first-order valence-electron chi connectivity index (χ1n) is 6.07. The summed E-state index contributed by atoms with van der Waals surface area (Å²) in [4.78, 5) is 17.0. The first-order valence-corrected chi connectivity index (χ1v) is 6.95. The number of ether oxygens (including phenoxy) is 1. The Hall–Kier alpha value is -2.40. The molecule has 0 aliphatic rings. The molecule has 1 aromatic carbocycles. The van der Waals surface area contributed by atoms with Crippen LogP contribution in [-0.4, -0.2) is 15.5 Å². The van der Waals surface area contributed by atoms with Crippen LogP contribution in [0, 0.1) is 0 Å². The molecule has 0 amide bonds. The van der Waals surface area contributed by atoms with Gasteiger partial charge in [-0.25, -0.2) is 9.78 Å². The number of carbonyl (C=O) groups is 1. The maximum atomic E-state index is 11.7. The number of carbonyl (C=O) groups excluding carboxylic acids is 1. The van der Waals surface area contributed by atoms with Crippen LogP contribution >= 0.6 is 11.3 Å². The summed E-state index contributed by atoms with van der Waals surface area (Å²) in [6, 6.07) is 9.28.